The molecule has 0 fully saturated rings. The highest BCUT2D eigenvalue weighted by Gasteiger charge is 2.21. The van der Waals surface area contributed by atoms with Crippen molar-refractivity contribution in [1.82, 2.24) is 14.8 Å². The van der Waals surface area contributed by atoms with Crippen molar-refractivity contribution < 1.29 is 0 Å². The fourth-order valence-corrected chi connectivity index (χ4v) is 3.67. The molecule has 0 aliphatic rings. The topological polar surface area (TPSA) is 71.6 Å². The van der Waals surface area contributed by atoms with E-state index in [2.05, 4.69) is 16.2 Å². The monoisotopic (exact) mass is 436 g/mol. The molecule has 1 aromatic heterocycles. The molecule has 1 heterocycles. The van der Waals surface area contributed by atoms with Crippen LogP contribution in [0.1, 0.15) is 17.0 Å². The van der Waals surface area contributed by atoms with E-state index in [1.165, 1.54) is 30.1 Å². The van der Waals surface area contributed by atoms with Gasteiger partial charge >= 0.3 is 5.69 Å². The number of hydrogen-bond acceptors (Lipinski definition) is 5. The standard InChI is InChI=1S/C18H11Cl3N4OS/c1-27-16-9-23-25(18(26)24-16)12-6-14(20)17(15(21)7-12)13(8-22)10-2-4-11(19)5-3-10/h2-7,9,13H,1H3. The molecule has 0 aliphatic heterocycles. The molecular formula is C18H11Cl3N4OS. The van der Waals surface area contributed by atoms with Crippen molar-refractivity contribution in [2.24, 2.45) is 0 Å². The van der Waals surface area contributed by atoms with E-state index in [0.717, 1.165) is 4.68 Å². The van der Waals surface area contributed by atoms with Crippen LogP contribution in [0.4, 0.5) is 0 Å². The van der Waals surface area contributed by atoms with Crippen LogP contribution in [0.15, 0.2) is 52.4 Å². The second kappa shape index (κ2) is 8.32. The van der Waals surface area contributed by atoms with Gasteiger partial charge in [0.2, 0.25) is 0 Å². The summed E-state index contributed by atoms with van der Waals surface area (Å²) >= 11 is 20.1. The van der Waals surface area contributed by atoms with Crippen LogP contribution >= 0.6 is 46.6 Å². The number of nitrogens with zero attached hydrogens (tertiary/aromatic N) is 4. The molecule has 27 heavy (non-hydrogen) atoms. The molecule has 1 atom stereocenters. The predicted octanol–water partition coefficient (Wildman–Crippen LogP) is 4.97. The van der Waals surface area contributed by atoms with E-state index in [-0.39, 0.29) is 10.0 Å². The van der Waals surface area contributed by atoms with Crippen molar-refractivity contribution in [3.63, 3.8) is 0 Å². The number of hydrogen-bond donors (Lipinski definition) is 0. The first-order valence-electron chi connectivity index (χ1n) is 7.59. The second-order valence-electron chi connectivity index (χ2n) is 5.43. The molecule has 0 saturated heterocycles. The maximum atomic E-state index is 12.2. The fraction of sp³-hybridized carbons (Fsp3) is 0.111. The molecule has 0 N–H and O–H groups in total. The first kappa shape index (κ1) is 19.7. The van der Waals surface area contributed by atoms with Gasteiger partial charge in [-0.2, -0.15) is 20.0 Å². The van der Waals surface area contributed by atoms with Crippen molar-refractivity contribution in [2.75, 3.05) is 6.26 Å². The van der Waals surface area contributed by atoms with Gasteiger partial charge in [0.25, 0.3) is 0 Å². The highest BCUT2D eigenvalue weighted by Crippen LogP contribution is 2.37. The Kier molecular flexibility index (Phi) is 6.08. The highest BCUT2D eigenvalue weighted by atomic mass is 35.5. The van der Waals surface area contributed by atoms with Crippen molar-refractivity contribution >= 4 is 46.6 Å². The Bertz CT molecular complexity index is 1070. The predicted molar refractivity (Wildman–Crippen MR) is 108 cm³/mol. The number of nitriles is 1. The SMILES string of the molecule is CSc1cnn(-c2cc(Cl)c(C(C#N)c3ccc(Cl)cc3)c(Cl)c2)c(=O)n1. The van der Waals surface area contributed by atoms with E-state index in [0.29, 0.717) is 26.9 Å². The van der Waals surface area contributed by atoms with Crippen LogP contribution in [-0.4, -0.2) is 21.0 Å². The van der Waals surface area contributed by atoms with Crippen molar-refractivity contribution in [3.8, 4) is 11.8 Å². The number of benzene rings is 2. The van der Waals surface area contributed by atoms with Gasteiger partial charge in [-0.05, 0) is 36.1 Å². The molecule has 5 nitrogen and oxygen atoms in total. The van der Waals surface area contributed by atoms with Gasteiger partial charge < -0.3 is 0 Å². The average molecular weight is 438 g/mol. The molecule has 0 saturated carbocycles. The van der Waals surface area contributed by atoms with Crippen LogP contribution < -0.4 is 5.69 Å². The van der Waals surface area contributed by atoms with Gasteiger partial charge in [-0.15, -0.1) is 11.8 Å². The third-order valence-corrected chi connectivity index (χ3v) is 5.30. The lowest BCUT2D eigenvalue weighted by Crippen LogP contribution is -2.24. The van der Waals surface area contributed by atoms with Crippen LogP contribution in [0.3, 0.4) is 0 Å². The Morgan fingerprint density at radius 1 is 1.15 bits per heavy atom. The smallest absolute Gasteiger partial charge is 0.244 e. The van der Waals surface area contributed by atoms with Gasteiger partial charge in [0.05, 0.1) is 23.9 Å². The quantitative estimate of drug-likeness (QED) is 0.539. The summed E-state index contributed by atoms with van der Waals surface area (Å²) in [6, 6.07) is 12.2. The first-order valence-corrected chi connectivity index (χ1v) is 9.95. The molecule has 2 aromatic carbocycles. The van der Waals surface area contributed by atoms with Gasteiger partial charge in [-0.3, -0.25) is 0 Å². The minimum atomic E-state index is -0.682. The molecule has 3 aromatic rings. The Balaban J connectivity index is 2.09. The molecule has 9 heteroatoms. The van der Waals surface area contributed by atoms with Crippen molar-refractivity contribution in [1.29, 1.82) is 5.26 Å². The Labute approximate surface area is 174 Å². The second-order valence-corrected chi connectivity index (χ2v) is 7.51. The van der Waals surface area contributed by atoms with Crippen molar-refractivity contribution in [3.05, 3.63) is 79.3 Å². The Hall–Kier alpha value is -2.04. The zero-order valence-electron chi connectivity index (χ0n) is 13.9. The number of rotatable bonds is 4. The molecule has 136 valence electrons. The van der Waals surface area contributed by atoms with Gasteiger partial charge in [0.15, 0.2) is 0 Å². The van der Waals surface area contributed by atoms with Gasteiger partial charge in [-0.25, -0.2) is 4.79 Å². The third-order valence-electron chi connectivity index (χ3n) is 3.81. The first-order chi connectivity index (χ1) is 12.9. The van der Waals surface area contributed by atoms with Gasteiger partial charge in [0.1, 0.15) is 5.03 Å². The van der Waals surface area contributed by atoms with Gasteiger partial charge in [0, 0.05) is 20.6 Å². The highest BCUT2D eigenvalue weighted by molar-refractivity contribution is 7.98. The summed E-state index contributed by atoms with van der Waals surface area (Å²) in [5, 5.41) is 15.3. The lowest BCUT2D eigenvalue weighted by atomic mass is 9.92. The number of thioether (sulfide) groups is 1. The zero-order valence-corrected chi connectivity index (χ0v) is 16.9. The Morgan fingerprint density at radius 2 is 1.78 bits per heavy atom. The summed E-state index contributed by atoms with van der Waals surface area (Å²) in [7, 11) is 0. The summed E-state index contributed by atoms with van der Waals surface area (Å²) in [4.78, 5) is 16.1. The largest absolute Gasteiger partial charge is 0.369 e. The van der Waals surface area contributed by atoms with Crippen LogP contribution in [0, 0.1) is 11.3 Å². The summed E-state index contributed by atoms with van der Waals surface area (Å²) in [5.41, 5.74) is 0.983. The van der Waals surface area contributed by atoms with Crippen LogP contribution in [0.25, 0.3) is 5.69 Å². The zero-order chi connectivity index (χ0) is 19.6. The number of halogens is 3. The summed E-state index contributed by atoms with van der Waals surface area (Å²) in [5.74, 6) is -0.682. The summed E-state index contributed by atoms with van der Waals surface area (Å²) in [6.07, 6.45) is 3.28. The lowest BCUT2D eigenvalue weighted by Gasteiger charge is -2.15. The minimum absolute atomic E-state index is 0.252. The molecule has 0 radical (unpaired) electrons. The molecule has 0 amide bonds. The fourth-order valence-electron chi connectivity index (χ4n) is 2.53. The van der Waals surface area contributed by atoms with Gasteiger partial charge in [-0.1, -0.05) is 46.9 Å². The minimum Gasteiger partial charge on any atom is -0.244 e. The molecule has 0 bridgehead atoms. The maximum absolute atomic E-state index is 12.2. The van der Waals surface area contributed by atoms with E-state index in [9.17, 15) is 10.1 Å². The molecule has 0 aliphatic carbocycles. The molecule has 1 unspecified atom stereocenters. The summed E-state index contributed by atoms with van der Waals surface area (Å²) in [6.45, 7) is 0. The van der Waals surface area contributed by atoms with E-state index >= 15 is 0 Å². The molecule has 0 spiro atoms. The molecular weight excluding hydrogens is 427 g/mol. The van der Waals surface area contributed by atoms with Crippen LogP contribution in [0.2, 0.25) is 15.1 Å². The van der Waals surface area contributed by atoms with Crippen molar-refractivity contribution in [2.45, 2.75) is 10.9 Å². The van der Waals surface area contributed by atoms with E-state index < -0.39 is 11.6 Å². The normalized spacial score (nSPS) is 11.8. The van der Waals surface area contributed by atoms with Crippen LogP contribution in [-0.2, 0) is 0 Å². The Morgan fingerprint density at radius 3 is 2.30 bits per heavy atom. The maximum Gasteiger partial charge on any atom is 0.369 e. The molecule has 3 rings (SSSR count). The van der Waals surface area contributed by atoms with E-state index in [1.807, 2.05) is 0 Å². The van der Waals surface area contributed by atoms with E-state index in [4.69, 9.17) is 34.8 Å². The average Bonchev–Trinajstić information content (AvgIpc) is 2.65. The summed E-state index contributed by atoms with van der Waals surface area (Å²) < 4.78 is 1.10. The van der Waals surface area contributed by atoms with E-state index in [1.54, 1.807) is 30.5 Å². The number of aromatic nitrogens is 3. The lowest BCUT2D eigenvalue weighted by molar-refractivity contribution is 0.729. The third kappa shape index (κ3) is 4.12. The van der Waals surface area contributed by atoms with Crippen LogP contribution in [0.5, 0.6) is 0 Å².